The van der Waals surface area contributed by atoms with E-state index < -0.39 is 0 Å². The molecule has 0 radical (unpaired) electrons. The topological polar surface area (TPSA) is 35.5 Å². The molecule has 1 heterocycles. The molecule has 2 N–H and O–H groups in total. The van der Waals surface area contributed by atoms with Gasteiger partial charge in [0.1, 0.15) is 0 Å². The SMILES string of the molecule is CNCC1CCC(N2CCC(O)CC2)C1. The van der Waals surface area contributed by atoms with E-state index in [1.54, 1.807) is 0 Å². The third-order valence-corrected chi connectivity index (χ3v) is 4.02. The van der Waals surface area contributed by atoms with Crippen molar-refractivity contribution in [3.05, 3.63) is 0 Å². The van der Waals surface area contributed by atoms with Crippen LogP contribution in [0.3, 0.4) is 0 Å². The first-order valence-electron chi connectivity index (χ1n) is 6.36. The third kappa shape index (κ3) is 2.92. The molecule has 88 valence electrons. The van der Waals surface area contributed by atoms with Crippen molar-refractivity contribution in [2.24, 2.45) is 5.92 Å². The Balaban J connectivity index is 1.75. The average molecular weight is 212 g/mol. The summed E-state index contributed by atoms with van der Waals surface area (Å²) >= 11 is 0. The molecule has 0 aromatic carbocycles. The number of rotatable bonds is 3. The molecule has 0 spiro atoms. The number of hydrogen-bond donors (Lipinski definition) is 2. The van der Waals surface area contributed by atoms with Gasteiger partial charge in [-0.25, -0.2) is 0 Å². The van der Waals surface area contributed by atoms with Gasteiger partial charge >= 0.3 is 0 Å². The zero-order valence-corrected chi connectivity index (χ0v) is 9.78. The van der Waals surface area contributed by atoms with E-state index in [4.69, 9.17) is 0 Å². The number of nitrogens with zero attached hydrogens (tertiary/aromatic N) is 1. The highest BCUT2D eigenvalue weighted by Gasteiger charge is 2.30. The summed E-state index contributed by atoms with van der Waals surface area (Å²) < 4.78 is 0. The minimum absolute atomic E-state index is 0.0317. The van der Waals surface area contributed by atoms with Gasteiger partial charge in [0.15, 0.2) is 0 Å². The fourth-order valence-electron chi connectivity index (χ4n) is 3.11. The molecule has 2 rings (SSSR count). The van der Waals surface area contributed by atoms with Crippen LogP contribution in [0.1, 0.15) is 32.1 Å². The summed E-state index contributed by atoms with van der Waals surface area (Å²) in [7, 11) is 2.05. The number of aliphatic hydroxyl groups is 1. The quantitative estimate of drug-likeness (QED) is 0.727. The molecule has 1 saturated heterocycles. The lowest BCUT2D eigenvalue weighted by Crippen LogP contribution is -2.41. The molecular formula is C12H24N2O. The monoisotopic (exact) mass is 212 g/mol. The molecule has 2 unspecified atom stereocenters. The van der Waals surface area contributed by atoms with Gasteiger partial charge in [-0.1, -0.05) is 0 Å². The minimum Gasteiger partial charge on any atom is -0.393 e. The van der Waals surface area contributed by atoms with E-state index in [0.717, 1.165) is 37.9 Å². The van der Waals surface area contributed by atoms with Crippen LogP contribution in [0.4, 0.5) is 0 Å². The van der Waals surface area contributed by atoms with E-state index in [2.05, 4.69) is 10.2 Å². The van der Waals surface area contributed by atoms with Gasteiger partial charge in [0.05, 0.1) is 6.10 Å². The fraction of sp³-hybridized carbons (Fsp3) is 1.00. The van der Waals surface area contributed by atoms with Crippen LogP contribution < -0.4 is 5.32 Å². The molecular weight excluding hydrogens is 188 g/mol. The predicted molar refractivity (Wildman–Crippen MR) is 61.9 cm³/mol. The standard InChI is InChI=1S/C12H24N2O/c1-13-9-10-2-3-11(8-10)14-6-4-12(15)5-7-14/h10-13,15H,2-9H2,1H3. The Morgan fingerprint density at radius 2 is 1.93 bits per heavy atom. The summed E-state index contributed by atoms with van der Waals surface area (Å²) in [4.78, 5) is 2.60. The maximum absolute atomic E-state index is 9.47. The molecule has 0 aromatic heterocycles. The third-order valence-electron chi connectivity index (χ3n) is 4.02. The number of likely N-dealkylation sites (tertiary alicyclic amines) is 1. The van der Waals surface area contributed by atoms with Gasteiger partial charge in [-0.2, -0.15) is 0 Å². The number of nitrogens with one attached hydrogen (secondary N) is 1. The summed E-state index contributed by atoms with van der Waals surface area (Å²) in [6.07, 6.45) is 6.03. The smallest absolute Gasteiger partial charge is 0.0564 e. The van der Waals surface area contributed by atoms with Gasteiger partial charge in [-0.15, -0.1) is 0 Å². The predicted octanol–water partition coefficient (Wildman–Crippen LogP) is 0.831. The van der Waals surface area contributed by atoms with Gasteiger partial charge < -0.3 is 15.3 Å². The van der Waals surface area contributed by atoms with Crippen molar-refractivity contribution in [1.82, 2.24) is 10.2 Å². The van der Waals surface area contributed by atoms with E-state index in [1.807, 2.05) is 7.05 Å². The first kappa shape index (κ1) is 11.4. The van der Waals surface area contributed by atoms with E-state index in [0.29, 0.717) is 0 Å². The summed E-state index contributed by atoms with van der Waals surface area (Å²) in [5.74, 6) is 0.881. The Hall–Kier alpha value is -0.120. The lowest BCUT2D eigenvalue weighted by molar-refractivity contribution is 0.0612. The molecule has 2 aliphatic rings. The van der Waals surface area contributed by atoms with Crippen LogP contribution in [-0.4, -0.2) is 48.8 Å². The zero-order chi connectivity index (χ0) is 10.7. The largest absolute Gasteiger partial charge is 0.393 e. The molecule has 0 amide bonds. The van der Waals surface area contributed by atoms with Gasteiger partial charge in [0.25, 0.3) is 0 Å². The van der Waals surface area contributed by atoms with Crippen molar-refractivity contribution >= 4 is 0 Å². The Morgan fingerprint density at radius 1 is 1.20 bits per heavy atom. The number of aliphatic hydroxyl groups excluding tert-OH is 1. The van der Waals surface area contributed by atoms with Crippen molar-refractivity contribution < 1.29 is 5.11 Å². The lowest BCUT2D eigenvalue weighted by Gasteiger charge is -2.34. The molecule has 3 heteroatoms. The summed E-state index contributed by atoms with van der Waals surface area (Å²) in [6.45, 7) is 3.39. The summed E-state index contributed by atoms with van der Waals surface area (Å²) in [5.41, 5.74) is 0. The van der Waals surface area contributed by atoms with Crippen molar-refractivity contribution in [2.45, 2.75) is 44.2 Å². The van der Waals surface area contributed by atoms with Gasteiger partial charge in [-0.05, 0) is 51.6 Å². The molecule has 1 aliphatic carbocycles. The molecule has 1 saturated carbocycles. The van der Waals surface area contributed by atoms with Gasteiger partial charge in [0.2, 0.25) is 0 Å². The Labute approximate surface area is 92.8 Å². The van der Waals surface area contributed by atoms with Crippen molar-refractivity contribution in [2.75, 3.05) is 26.7 Å². The molecule has 1 aliphatic heterocycles. The molecule has 15 heavy (non-hydrogen) atoms. The van der Waals surface area contributed by atoms with Crippen LogP contribution in [0.15, 0.2) is 0 Å². The van der Waals surface area contributed by atoms with Crippen molar-refractivity contribution in [3.63, 3.8) is 0 Å². The number of piperidine rings is 1. The summed E-state index contributed by atoms with van der Waals surface area (Å²) in [6, 6.07) is 0.802. The second kappa shape index (κ2) is 5.28. The maximum atomic E-state index is 9.47. The Morgan fingerprint density at radius 3 is 2.60 bits per heavy atom. The Bertz CT molecular complexity index is 190. The zero-order valence-electron chi connectivity index (χ0n) is 9.78. The van der Waals surface area contributed by atoms with Crippen LogP contribution in [0.5, 0.6) is 0 Å². The second-order valence-electron chi connectivity index (χ2n) is 5.16. The molecule has 3 nitrogen and oxygen atoms in total. The van der Waals surface area contributed by atoms with Crippen LogP contribution in [0.2, 0.25) is 0 Å². The van der Waals surface area contributed by atoms with Crippen LogP contribution in [0, 0.1) is 5.92 Å². The summed E-state index contributed by atoms with van der Waals surface area (Å²) in [5, 5.41) is 12.8. The molecule has 0 bridgehead atoms. The Kier molecular flexibility index (Phi) is 4.00. The highest BCUT2D eigenvalue weighted by molar-refractivity contribution is 4.86. The van der Waals surface area contributed by atoms with Crippen LogP contribution in [-0.2, 0) is 0 Å². The van der Waals surface area contributed by atoms with Crippen LogP contribution in [0.25, 0.3) is 0 Å². The van der Waals surface area contributed by atoms with Gasteiger partial charge in [-0.3, -0.25) is 0 Å². The van der Waals surface area contributed by atoms with Crippen molar-refractivity contribution in [1.29, 1.82) is 0 Å². The molecule has 0 aromatic rings. The van der Waals surface area contributed by atoms with E-state index in [1.165, 1.54) is 25.8 Å². The van der Waals surface area contributed by atoms with E-state index in [9.17, 15) is 5.11 Å². The first-order valence-corrected chi connectivity index (χ1v) is 6.36. The van der Waals surface area contributed by atoms with Crippen molar-refractivity contribution in [3.8, 4) is 0 Å². The molecule has 2 atom stereocenters. The van der Waals surface area contributed by atoms with Crippen LogP contribution >= 0.6 is 0 Å². The van der Waals surface area contributed by atoms with E-state index >= 15 is 0 Å². The minimum atomic E-state index is -0.0317. The van der Waals surface area contributed by atoms with E-state index in [-0.39, 0.29) is 6.10 Å². The first-order chi connectivity index (χ1) is 7.29. The highest BCUT2D eigenvalue weighted by Crippen LogP contribution is 2.30. The second-order valence-corrected chi connectivity index (χ2v) is 5.16. The number of hydrogen-bond acceptors (Lipinski definition) is 3. The maximum Gasteiger partial charge on any atom is 0.0564 e. The van der Waals surface area contributed by atoms with Gasteiger partial charge in [0, 0.05) is 19.1 Å². The average Bonchev–Trinajstić information content (AvgIpc) is 2.68. The fourth-order valence-corrected chi connectivity index (χ4v) is 3.11. The molecule has 2 fully saturated rings. The highest BCUT2D eigenvalue weighted by atomic mass is 16.3. The normalized spacial score (nSPS) is 34.8. The lowest BCUT2D eigenvalue weighted by atomic mass is 10.0.